The SMILES string of the molecule is Cc1cc(C)c(-c2cccc(N3B(N(C)C)B(N(C)C)N(c4cccc(-c5c(C)cc(C)cc5C)c4)[C]3=[Pt])c2)c(C)c1. The number of benzene rings is 4. The zero-order chi connectivity index (χ0) is 30.5. The average Bonchev–Trinajstić information content (AvgIpc) is 3.21. The van der Waals surface area contributed by atoms with Crippen LogP contribution in [0.2, 0.25) is 0 Å². The normalized spacial score (nSPS) is 13.8. The second-order valence-corrected chi connectivity index (χ2v) is 13.4. The monoisotopic (exact) mass is 735 g/mol. The second kappa shape index (κ2) is 12.0. The fraction of sp³-hybridized carbons (Fsp3) is 0.286. The maximum absolute atomic E-state index is 2.54. The van der Waals surface area contributed by atoms with Crippen molar-refractivity contribution in [1.29, 1.82) is 0 Å². The molecule has 42 heavy (non-hydrogen) atoms. The van der Waals surface area contributed by atoms with Crippen LogP contribution < -0.4 is 9.62 Å². The molecule has 0 N–H and O–H groups in total. The van der Waals surface area contributed by atoms with Gasteiger partial charge in [0.05, 0.1) is 0 Å². The summed E-state index contributed by atoms with van der Waals surface area (Å²) in [5, 5.41) is 0. The van der Waals surface area contributed by atoms with E-state index >= 15 is 0 Å². The molecule has 0 atom stereocenters. The first kappa shape index (κ1) is 30.5. The van der Waals surface area contributed by atoms with Gasteiger partial charge in [0, 0.05) is 0 Å². The van der Waals surface area contributed by atoms with Gasteiger partial charge in [-0.05, 0) is 0 Å². The summed E-state index contributed by atoms with van der Waals surface area (Å²) < 4.78 is 1.19. The molecular formula is C35H42B2N4Pt. The summed E-state index contributed by atoms with van der Waals surface area (Å²) in [6.07, 6.45) is 0. The van der Waals surface area contributed by atoms with E-state index < -0.39 is 0 Å². The van der Waals surface area contributed by atoms with Crippen LogP contribution in [0.5, 0.6) is 0 Å². The van der Waals surface area contributed by atoms with Crippen molar-refractivity contribution in [2.75, 3.05) is 37.8 Å². The maximum atomic E-state index is 2.54. The standard InChI is InChI=1S/C35H42B2N4.Pt/c1-24-17-26(3)34(27(4)18-24)30-13-11-15-32(21-30)40-23-41(37(39(9)10)36(40)38(7)8)33-16-12-14-31(22-33)35-28(5)19-25(2)20-29(35)6;/h11-22H,1-10H3;. The zero-order valence-electron chi connectivity index (χ0n) is 26.7. The van der Waals surface area contributed by atoms with Gasteiger partial charge < -0.3 is 0 Å². The molecule has 1 aliphatic rings. The van der Waals surface area contributed by atoms with Gasteiger partial charge in [-0.1, -0.05) is 0 Å². The second-order valence-electron chi connectivity index (χ2n) is 12.4. The Morgan fingerprint density at radius 3 is 1.17 bits per heavy atom. The summed E-state index contributed by atoms with van der Waals surface area (Å²) in [6.45, 7) is 13.5. The van der Waals surface area contributed by atoms with E-state index in [1.54, 1.807) is 0 Å². The van der Waals surface area contributed by atoms with Crippen molar-refractivity contribution in [1.82, 2.24) is 9.62 Å². The predicted molar refractivity (Wildman–Crippen MR) is 181 cm³/mol. The molecule has 218 valence electrons. The topological polar surface area (TPSA) is 13.0 Å². The molecule has 1 fully saturated rings. The van der Waals surface area contributed by atoms with E-state index in [4.69, 9.17) is 0 Å². The van der Waals surface area contributed by atoms with Gasteiger partial charge in [-0.2, -0.15) is 0 Å². The Kier molecular flexibility index (Phi) is 8.72. The summed E-state index contributed by atoms with van der Waals surface area (Å²) >= 11 is 2.54. The van der Waals surface area contributed by atoms with Gasteiger partial charge in [0.15, 0.2) is 0 Å². The molecule has 0 radical (unpaired) electrons. The molecule has 0 saturated carbocycles. The van der Waals surface area contributed by atoms with Crippen molar-refractivity contribution in [2.24, 2.45) is 0 Å². The van der Waals surface area contributed by atoms with Gasteiger partial charge >= 0.3 is 266 Å². The van der Waals surface area contributed by atoms with Crippen LogP contribution in [0.1, 0.15) is 33.4 Å². The van der Waals surface area contributed by atoms with Crippen molar-refractivity contribution in [3.05, 3.63) is 106 Å². The molecule has 7 heteroatoms. The Balaban J connectivity index is 1.63. The number of rotatable bonds is 6. The van der Waals surface area contributed by atoms with Gasteiger partial charge in [-0.15, -0.1) is 0 Å². The van der Waals surface area contributed by atoms with Gasteiger partial charge in [0.2, 0.25) is 0 Å². The molecule has 0 aliphatic carbocycles. The van der Waals surface area contributed by atoms with Crippen LogP contribution in [0, 0.1) is 41.5 Å². The molecule has 4 aromatic rings. The Labute approximate surface area is 265 Å². The Hall–Kier alpha value is -2.91. The van der Waals surface area contributed by atoms with Gasteiger partial charge in [0.25, 0.3) is 0 Å². The minimum atomic E-state index is 0.106. The van der Waals surface area contributed by atoms with Crippen molar-refractivity contribution in [2.45, 2.75) is 41.5 Å². The van der Waals surface area contributed by atoms with Crippen LogP contribution in [0.4, 0.5) is 11.4 Å². The van der Waals surface area contributed by atoms with Crippen LogP contribution in [0.3, 0.4) is 0 Å². The average molecular weight is 735 g/mol. The number of hydrogen-bond donors (Lipinski definition) is 0. The zero-order valence-corrected chi connectivity index (χ0v) is 29.0. The van der Waals surface area contributed by atoms with E-state index in [0.717, 1.165) is 0 Å². The first-order valence-electron chi connectivity index (χ1n) is 14.7. The number of anilines is 2. The van der Waals surface area contributed by atoms with Crippen LogP contribution >= 0.6 is 0 Å². The Morgan fingerprint density at radius 2 is 0.857 bits per heavy atom. The number of nitrogens with zero attached hydrogens (tertiary/aromatic N) is 4. The molecule has 4 nitrogen and oxygen atoms in total. The van der Waals surface area contributed by atoms with Crippen LogP contribution in [0.15, 0.2) is 72.8 Å². The van der Waals surface area contributed by atoms with Crippen LogP contribution in [0.25, 0.3) is 22.3 Å². The molecule has 1 heterocycles. The summed E-state index contributed by atoms with van der Waals surface area (Å²) in [6, 6.07) is 27.3. The molecule has 5 rings (SSSR count). The van der Waals surface area contributed by atoms with Crippen molar-refractivity contribution in [3.8, 4) is 22.3 Å². The Bertz CT molecular complexity index is 1500. The molecule has 4 aromatic carbocycles. The molecule has 0 spiro atoms. The van der Waals surface area contributed by atoms with E-state index in [1.807, 2.05) is 0 Å². The molecule has 1 saturated heterocycles. The molecule has 0 bridgehead atoms. The summed E-state index contributed by atoms with van der Waals surface area (Å²) in [7, 11) is 8.76. The van der Waals surface area contributed by atoms with Gasteiger partial charge in [-0.25, -0.2) is 0 Å². The van der Waals surface area contributed by atoms with Crippen LogP contribution in [-0.2, 0) is 19.4 Å². The summed E-state index contributed by atoms with van der Waals surface area (Å²) in [4.78, 5) is 9.70. The van der Waals surface area contributed by atoms with Crippen molar-refractivity contribution in [3.63, 3.8) is 0 Å². The number of aryl methyl sites for hydroxylation is 6. The first-order valence-corrected chi connectivity index (χ1v) is 15.8. The predicted octanol–water partition coefficient (Wildman–Crippen LogP) is 7.01. The fourth-order valence-electron chi connectivity index (χ4n) is 6.98. The van der Waals surface area contributed by atoms with Crippen molar-refractivity contribution < 1.29 is 19.4 Å². The Morgan fingerprint density at radius 1 is 0.524 bits per heavy atom. The molecule has 1 aliphatic heterocycles. The van der Waals surface area contributed by atoms with Gasteiger partial charge in [-0.3, -0.25) is 0 Å². The van der Waals surface area contributed by atoms with E-state index in [2.05, 4.69) is 181 Å². The summed E-state index contributed by atoms with van der Waals surface area (Å²) in [5.41, 5.74) is 15.5. The molecular weight excluding hydrogens is 693 g/mol. The van der Waals surface area contributed by atoms with E-state index in [0.29, 0.717) is 0 Å². The first-order chi connectivity index (χ1) is 19.9. The molecule has 0 unspecified atom stereocenters. The van der Waals surface area contributed by atoms with Crippen LogP contribution in [-0.4, -0.2) is 55.7 Å². The van der Waals surface area contributed by atoms with E-state index in [1.165, 1.54) is 71.2 Å². The van der Waals surface area contributed by atoms with E-state index in [9.17, 15) is 0 Å². The third kappa shape index (κ3) is 5.57. The molecule has 0 aromatic heterocycles. The van der Waals surface area contributed by atoms with Crippen molar-refractivity contribution >= 4 is 29.3 Å². The minimum absolute atomic E-state index is 0.106. The molecule has 0 amide bonds. The third-order valence-electron chi connectivity index (χ3n) is 8.40. The fourth-order valence-corrected chi connectivity index (χ4v) is 8.16. The summed E-state index contributed by atoms with van der Waals surface area (Å²) in [5.74, 6) is 0. The van der Waals surface area contributed by atoms with Gasteiger partial charge in [0.1, 0.15) is 0 Å². The quantitative estimate of drug-likeness (QED) is 0.198. The third-order valence-corrected chi connectivity index (χ3v) is 9.50. The number of hydrogen-bond acceptors (Lipinski definition) is 4. The van der Waals surface area contributed by atoms with E-state index in [-0.39, 0.29) is 13.7 Å².